The van der Waals surface area contributed by atoms with Crippen LogP contribution in [0.25, 0.3) is 0 Å². The number of aromatic nitrogens is 2. The highest BCUT2D eigenvalue weighted by atomic mass is 35.5. The largest absolute Gasteiger partial charge is 0.378 e. The number of amides is 1. The first-order chi connectivity index (χ1) is 15.7. The molecule has 1 N–H and O–H groups in total. The molecule has 2 saturated heterocycles. The summed E-state index contributed by atoms with van der Waals surface area (Å²) in [5.74, 6) is -0.545. The van der Waals surface area contributed by atoms with Crippen molar-refractivity contribution < 1.29 is 22.7 Å². The number of hydrogen-bond donors (Lipinski definition) is 1. The average molecular weight is 482 g/mol. The van der Waals surface area contributed by atoms with Crippen LogP contribution in [0.15, 0.2) is 18.2 Å². The van der Waals surface area contributed by atoms with Gasteiger partial charge in [0.1, 0.15) is 11.6 Å². The molecule has 1 aromatic carbocycles. The molecule has 4 heterocycles. The second-order valence-electron chi connectivity index (χ2n) is 9.06. The fourth-order valence-electron chi connectivity index (χ4n) is 4.66. The highest BCUT2D eigenvalue weighted by Crippen LogP contribution is 2.38. The zero-order valence-corrected chi connectivity index (χ0v) is 18.7. The Morgan fingerprint density at radius 1 is 1.30 bits per heavy atom. The number of fused-ring (bicyclic) bond motifs is 1. The van der Waals surface area contributed by atoms with Gasteiger partial charge in [-0.2, -0.15) is 0 Å². The lowest BCUT2D eigenvalue weighted by molar-refractivity contribution is -0.166. The molecule has 2 aromatic rings. The fraction of sp³-hybridized carbons (Fsp3) is 0.500. The maximum Gasteiger partial charge on any atom is 0.266 e. The second kappa shape index (κ2) is 8.41. The van der Waals surface area contributed by atoms with Gasteiger partial charge in [0.2, 0.25) is 11.2 Å². The molecule has 0 unspecified atom stereocenters. The number of hydrogen-bond acceptors (Lipinski definition) is 6. The zero-order chi connectivity index (χ0) is 23.3. The lowest BCUT2D eigenvalue weighted by Crippen LogP contribution is -2.67. The van der Waals surface area contributed by atoms with E-state index in [1.807, 2.05) is 6.92 Å². The molecule has 1 amide bonds. The molecule has 1 aromatic heterocycles. The summed E-state index contributed by atoms with van der Waals surface area (Å²) in [4.78, 5) is 25.7. The van der Waals surface area contributed by atoms with Crippen LogP contribution >= 0.6 is 11.6 Å². The summed E-state index contributed by atoms with van der Waals surface area (Å²) in [5.41, 5.74) is 0.295. The molecular weight excluding hydrogens is 459 g/mol. The van der Waals surface area contributed by atoms with Crippen LogP contribution in [0.5, 0.6) is 0 Å². The van der Waals surface area contributed by atoms with Gasteiger partial charge in [0.15, 0.2) is 0 Å². The van der Waals surface area contributed by atoms with Crippen molar-refractivity contribution in [1.82, 2.24) is 19.8 Å². The quantitative estimate of drug-likeness (QED) is 0.638. The molecule has 0 spiro atoms. The lowest BCUT2D eigenvalue weighted by atomic mass is 9.79. The Kier molecular flexibility index (Phi) is 5.70. The molecule has 0 bridgehead atoms. The number of nitrogens with one attached hydrogen (secondary N) is 1. The third kappa shape index (κ3) is 4.04. The van der Waals surface area contributed by atoms with Gasteiger partial charge in [-0.25, -0.2) is 23.1 Å². The lowest BCUT2D eigenvalue weighted by Gasteiger charge is -2.53. The molecular formula is C22H23ClF3N5O2. The maximum absolute atomic E-state index is 14.4. The first kappa shape index (κ1) is 22.4. The van der Waals surface area contributed by atoms with Crippen LogP contribution in [-0.2, 0) is 29.2 Å². The number of alkyl halides is 2. The Bertz CT molecular complexity index is 1090. The van der Waals surface area contributed by atoms with Crippen LogP contribution < -0.4 is 5.32 Å². The second-order valence-corrected chi connectivity index (χ2v) is 9.40. The standard InChI is InChI=1S/C22H23ClF3N5O2/c1-22(10-31(11-22)13-8-33-9-13)20(32)30-6-15-16(7-30)28-21(23)29-19(15)27-5-12-3-2-4-14(17(12)24)18(25)26/h2-4,13,18H,5-11H2,1H3,(H,27,28,29). The molecule has 0 atom stereocenters. The normalized spacial score (nSPS) is 19.9. The first-order valence-corrected chi connectivity index (χ1v) is 11.1. The number of anilines is 1. The zero-order valence-electron chi connectivity index (χ0n) is 18.0. The van der Waals surface area contributed by atoms with Gasteiger partial charge in [-0.05, 0) is 18.5 Å². The summed E-state index contributed by atoms with van der Waals surface area (Å²) in [6.07, 6.45) is -2.90. The van der Waals surface area contributed by atoms with Crippen molar-refractivity contribution in [3.63, 3.8) is 0 Å². The number of carbonyl (C=O) groups excluding carboxylic acids is 1. The van der Waals surface area contributed by atoms with Crippen LogP contribution in [0.3, 0.4) is 0 Å². The van der Waals surface area contributed by atoms with Gasteiger partial charge in [0.25, 0.3) is 6.43 Å². The van der Waals surface area contributed by atoms with E-state index in [-0.39, 0.29) is 23.3 Å². The van der Waals surface area contributed by atoms with Crippen LogP contribution in [0.1, 0.15) is 35.7 Å². The molecule has 11 heteroatoms. The smallest absolute Gasteiger partial charge is 0.266 e. The molecule has 33 heavy (non-hydrogen) atoms. The van der Waals surface area contributed by atoms with E-state index in [1.165, 1.54) is 12.1 Å². The van der Waals surface area contributed by atoms with Crippen LogP contribution in [0.4, 0.5) is 19.0 Å². The van der Waals surface area contributed by atoms with Gasteiger partial charge in [-0.3, -0.25) is 9.69 Å². The average Bonchev–Trinajstić information content (AvgIpc) is 3.13. The third-order valence-corrected chi connectivity index (χ3v) is 6.76. The van der Waals surface area contributed by atoms with Crippen LogP contribution in [-0.4, -0.2) is 58.0 Å². The Labute approximate surface area is 193 Å². The van der Waals surface area contributed by atoms with E-state index < -0.39 is 23.2 Å². The van der Waals surface area contributed by atoms with Gasteiger partial charge < -0.3 is 15.0 Å². The topological polar surface area (TPSA) is 70.6 Å². The third-order valence-electron chi connectivity index (χ3n) is 6.59. The van der Waals surface area contributed by atoms with E-state index in [9.17, 15) is 18.0 Å². The van der Waals surface area contributed by atoms with E-state index in [2.05, 4.69) is 20.2 Å². The number of nitrogens with zero attached hydrogens (tertiary/aromatic N) is 4. The predicted molar refractivity (Wildman–Crippen MR) is 114 cm³/mol. The van der Waals surface area contributed by atoms with Crippen molar-refractivity contribution in [2.24, 2.45) is 5.41 Å². The summed E-state index contributed by atoms with van der Waals surface area (Å²) >= 11 is 6.08. The first-order valence-electron chi connectivity index (χ1n) is 10.7. The van der Waals surface area contributed by atoms with E-state index in [1.54, 1.807) is 4.90 Å². The minimum Gasteiger partial charge on any atom is -0.378 e. The summed E-state index contributed by atoms with van der Waals surface area (Å²) in [5, 5.41) is 2.99. The van der Waals surface area contributed by atoms with Crippen molar-refractivity contribution in [3.8, 4) is 0 Å². The van der Waals surface area contributed by atoms with E-state index in [0.29, 0.717) is 62.5 Å². The fourth-order valence-corrected chi connectivity index (χ4v) is 4.84. The number of rotatable bonds is 6. The van der Waals surface area contributed by atoms with Crippen molar-refractivity contribution in [2.45, 2.75) is 39.0 Å². The minimum atomic E-state index is -2.90. The molecule has 7 nitrogen and oxygen atoms in total. The monoisotopic (exact) mass is 481 g/mol. The number of carbonyl (C=O) groups is 1. The van der Waals surface area contributed by atoms with Crippen LogP contribution in [0.2, 0.25) is 5.28 Å². The Morgan fingerprint density at radius 2 is 2.06 bits per heavy atom. The van der Waals surface area contributed by atoms with Crippen molar-refractivity contribution in [1.29, 1.82) is 0 Å². The number of likely N-dealkylation sites (tertiary alicyclic amines) is 1. The van der Waals surface area contributed by atoms with Crippen molar-refractivity contribution >= 4 is 23.3 Å². The van der Waals surface area contributed by atoms with Gasteiger partial charge in [0, 0.05) is 30.8 Å². The highest BCUT2D eigenvalue weighted by molar-refractivity contribution is 6.28. The predicted octanol–water partition coefficient (Wildman–Crippen LogP) is 3.38. The SMILES string of the molecule is CC1(C(=O)N2Cc3nc(Cl)nc(NCc4cccc(C(F)F)c4F)c3C2)CN(C2COC2)C1. The molecule has 5 rings (SSSR count). The molecule has 0 aliphatic carbocycles. The highest BCUT2D eigenvalue weighted by Gasteiger charge is 2.51. The Morgan fingerprint density at radius 3 is 2.73 bits per heavy atom. The number of halogens is 4. The molecule has 2 fully saturated rings. The Hall–Kier alpha value is -2.43. The van der Waals surface area contributed by atoms with E-state index in [0.717, 1.165) is 6.07 Å². The summed E-state index contributed by atoms with van der Waals surface area (Å²) in [6.45, 7) is 5.31. The van der Waals surface area contributed by atoms with E-state index >= 15 is 0 Å². The maximum atomic E-state index is 14.4. The molecule has 3 aliphatic rings. The Balaban J connectivity index is 1.29. The minimum absolute atomic E-state index is 0.00151. The number of benzene rings is 1. The van der Waals surface area contributed by atoms with Gasteiger partial charge in [-0.1, -0.05) is 18.2 Å². The van der Waals surface area contributed by atoms with Gasteiger partial charge in [-0.15, -0.1) is 0 Å². The number of ether oxygens (including phenoxy) is 1. The molecule has 0 saturated carbocycles. The van der Waals surface area contributed by atoms with Gasteiger partial charge in [0.05, 0.1) is 49.0 Å². The van der Waals surface area contributed by atoms with E-state index in [4.69, 9.17) is 16.3 Å². The summed E-state index contributed by atoms with van der Waals surface area (Å²) in [6, 6.07) is 4.28. The summed E-state index contributed by atoms with van der Waals surface area (Å²) in [7, 11) is 0. The molecule has 3 aliphatic heterocycles. The van der Waals surface area contributed by atoms with Gasteiger partial charge >= 0.3 is 0 Å². The molecule has 0 radical (unpaired) electrons. The summed E-state index contributed by atoms with van der Waals surface area (Å²) < 4.78 is 45.6. The van der Waals surface area contributed by atoms with Crippen molar-refractivity contribution in [3.05, 3.63) is 51.7 Å². The van der Waals surface area contributed by atoms with Crippen LogP contribution in [0, 0.1) is 11.2 Å². The van der Waals surface area contributed by atoms with Crippen molar-refractivity contribution in [2.75, 3.05) is 31.6 Å². The molecule has 176 valence electrons.